The van der Waals surface area contributed by atoms with Crippen molar-refractivity contribution in [2.45, 2.75) is 33.4 Å². The first-order chi connectivity index (χ1) is 8.99. The van der Waals surface area contributed by atoms with Crippen molar-refractivity contribution in [3.63, 3.8) is 0 Å². The van der Waals surface area contributed by atoms with Gasteiger partial charge in [0, 0.05) is 31.0 Å². The Bertz CT molecular complexity index is 555. The van der Waals surface area contributed by atoms with Crippen LogP contribution in [0.15, 0.2) is 30.3 Å². The molecule has 1 aromatic heterocycles. The van der Waals surface area contributed by atoms with Crippen LogP contribution in [0.3, 0.4) is 0 Å². The molecule has 0 fully saturated rings. The van der Waals surface area contributed by atoms with Crippen molar-refractivity contribution in [2.24, 2.45) is 7.05 Å². The first kappa shape index (κ1) is 13.8. The fourth-order valence-corrected chi connectivity index (χ4v) is 2.24. The number of nitrogens with zero attached hydrogens (tertiary/aromatic N) is 1. The molecule has 1 heterocycles. The van der Waals surface area contributed by atoms with E-state index in [-0.39, 0.29) is 11.9 Å². The molecule has 0 saturated heterocycles. The van der Waals surface area contributed by atoms with E-state index in [0.29, 0.717) is 0 Å². The quantitative estimate of drug-likeness (QED) is 0.888. The van der Waals surface area contributed by atoms with Gasteiger partial charge in [-0.15, -0.1) is 0 Å². The Morgan fingerprint density at radius 2 is 1.84 bits per heavy atom. The standard InChI is InChI=1S/C16H21FN2/c1-11-9-15(13(3)19(11)4)10-18-12(2)14-5-7-16(17)8-6-14/h5-9,12,18H,10H2,1-4H3/t12-/m1/s1. The van der Waals surface area contributed by atoms with Crippen molar-refractivity contribution in [1.29, 1.82) is 0 Å². The molecule has 0 unspecified atom stereocenters. The summed E-state index contributed by atoms with van der Waals surface area (Å²) in [6, 6.07) is 9.09. The van der Waals surface area contributed by atoms with E-state index in [1.165, 1.54) is 29.1 Å². The van der Waals surface area contributed by atoms with E-state index in [1.54, 1.807) is 0 Å². The topological polar surface area (TPSA) is 17.0 Å². The maximum Gasteiger partial charge on any atom is 0.123 e. The molecule has 0 bridgehead atoms. The van der Waals surface area contributed by atoms with Gasteiger partial charge < -0.3 is 9.88 Å². The summed E-state index contributed by atoms with van der Waals surface area (Å²) in [5, 5.41) is 3.48. The molecule has 1 aromatic carbocycles. The summed E-state index contributed by atoms with van der Waals surface area (Å²) >= 11 is 0. The third kappa shape index (κ3) is 3.04. The lowest BCUT2D eigenvalue weighted by Gasteiger charge is -2.14. The van der Waals surface area contributed by atoms with Crippen molar-refractivity contribution in [3.8, 4) is 0 Å². The molecular weight excluding hydrogens is 239 g/mol. The van der Waals surface area contributed by atoms with Crippen LogP contribution >= 0.6 is 0 Å². The normalized spacial score (nSPS) is 12.7. The van der Waals surface area contributed by atoms with Crippen molar-refractivity contribution < 1.29 is 4.39 Å². The highest BCUT2D eigenvalue weighted by Gasteiger charge is 2.09. The zero-order valence-corrected chi connectivity index (χ0v) is 12.0. The van der Waals surface area contributed by atoms with Gasteiger partial charge in [-0.05, 0) is 50.1 Å². The van der Waals surface area contributed by atoms with E-state index in [9.17, 15) is 4.39 Å². The second-order valence-electron chi connectivity index (χ2n) is 5.11. The Morgan fingerprint density at radius 3 is 2.37 bits per heavy atom. The number of hydrogen-bond donors (Lipinski definition) is 1. The molecule has 19 heavy (non-hydrogen) atoms. The van der Waals surface area contributed by atoms with Crippen molar-refractivity contribution in [1.82, 2.24) is 9.88 Å². The van der Waals surface area contributed by atoms with Crippen LogP contribution in [0.2, 0.25) is 0 Å². The predicted octanol–water partition coefficient (Wildman–Crippen LogP) is 3.63. The zero-order valence-electron chi connectivity index (χ0n) is 12.0. The van der Waals surface area contributed by atoms with Crippen LogP contribution < -0.4 is 5.32 Å². The molecule has 1 atom stereocenters. The fourth-order valence-electron chi connectivity index (χ4n) is 2.24. The van der Waals surface area contributed by atoms with E-state index in [2.05, 4.69) is 43.8 Å². The number of nitrogens with one attached hydrogen (secondary N) is 1. The van der Waals surface area contributed by atoms with E-state index < -0.39 is 0 Å². The van der Waals surface area contributed by atoms with Gasteiger partial charge >= 0.3 is 0 Å². The Balaban J connectivity index is 2.02. The third-order valence-electron chi connectivity index (χ3n) is 3.85. The largest absolute Gasteiger partial charge is 0.352 e. The second-order valence-corrected chi connectivity index (χ2v) is 5.11. The highest BCUT2D eigenvalue weighted by atomic mass is 19.1. The van der Waals surface area contributed by atoms with Crippen LogP contribution in [0.25, 0.3) is 0 Å². The minimum absolute atomic E-state index is 0.189. The van der Waals surface area contributed by atoms with Gasteiger partial charge in [0.2, 0.25) is 0 Å². The molecule has 102 valence electrons. The van der Waals surface area contributed by atoms with Gasteiger partial charge in [0.15, 0.2) is 0 Å². The molecular formula is C16H21FN2. The minimum atomic E-state index is -0.189. The first-order valence-corrected chi connectivity index (χ1v) is 6.59. The number of halogens is 1. The maximum absolute atomic E-state index is 12.9. The van der Waals surface area contributed by atoms with Crippen LogP contribution in [0, 0.1) is 19.7 Å². The zero-order chi connectivity index (χ0) is 14.0. The molecule has 2 nitrogen and oxygen atoms in total. The Hall–Kier alpha value is -1.61. The van der Waals surface area contributed by atoms with Crippen LogP contribution in [-0.4, -0.2) is 4.57 Å². The van der Waals surface area contributed by atoms with Crippen molar-refractivity contribution in [3.05, 3.63) is 58.7 Å². The second kappa shape index (κ2) is 5.57. The number of hydrogen-bond acceptors (Lipinski definition) is 1. The molecule has 3 heteroatoms. The first-order valence-electron chi connectivity index (χ1n) is 6.59. The fraction of sp³-hybridized carbons (Fsp3) is 0.375. The van der Waals surface area contributed by atoms with Crippen molar-refractivity contribution >= 4 is 0 Å². The Morgan fingerprint density at radius 1 is 1.21 bits per heavy atom. The summed E-state index contributed by atoms with van der Waals surface area (Å²) in [4.78, 5) is 0. The molecule has 0 amide bonds. The van der Waals surface area contributed by atoms with Gasteiger partial charge in [0.25, 0.3) is 0 Å². The number of aromatic nitrogens is 1. The number of aryl methyl sites for hydroxylation is 1. The van der Waals surface area contributed by atoms with Gasteiger partial charge in [-0.3, -0.25) is 0 Å². The summed E-state index contributed by atoms with van der Waals surface area (Å²) in [6.45, 7) is 7.16. The molecule has 0 radical (unpaired) electrons. The smallest absolute Gasteiger partial charge is 0.123 e. The molecule has 0 aliphatic carbocycles. The van der Waals surface area contributed by atoms with Crippen molar-refractivity contribution in [2.75, 3.05) is 0 Å². The van der Waals surface area contributed by atoms with E-state index >= 15 is 0 Å². The molecule has 0 aliphatic heterocycles. The summed E-state index contributed by atoms with van der Waals surface area (Å²) in [6.07, 6.45) is 0. The summed E-state index contributed by atoms with van der Waals surface area (Å²) in [7, 11) is 2.08. The summed E-state index contributed by atoms with van der Waals surface area (Å²) in [5.74, 6) is -0.189. The van der Waals surface area contributed by atoms with Crippen LogP contribution in [0.1, 0.15) is 35.5 Å². The lowest BCUT2D eigenvalue weighted by molar-refractivity contribution is 0.569. The highest BCUT2D eigenvalue weighted by molar-refractivity contribution is 5.26. The minimum Gasteiger partial charge on any atom is -0.352 e. The van der Waals surface area contributed by atoms with Crippen LogP contribution in [-0.2, 0) is 13.6 Å². The van der Waals surface area contributed by atoms with E-state index in [4.69, 9.17) is 0 Å². The van der Waals surface area contributed by atoms with Crippen LogP contribution in [0.4, 0.5) is 4.39 Å². The van der Waals surface area contributed by atoms with Gasteiger partial charge in [-0.2, -0.15) is 0 Å². The van der Waals surface area contributed by atoms with Gasteiger partial charge in [0.05, 0.1) is 0 Å². The third-order valence-corrected chi connectivity index (χ3v) is 3.85. The van der Waals surface area contributed by atoms with E-state index in [1.807, 2.05) is 12.1 Å². The molecule has 0 aliphatic rings. The SMILES string of the molecule is Cc1cc(CN[C@H](C)c2ccc(F)cc2)c(C)n1C. The van der Waals surface area contributed by atoms with E-state index in [0.717, 1.165) is 12.1 Å². The molecule has 0 spiro atoms. The van der Waals surface area contributed by atoms with Gasteiger partial charge in [0.1, 0.15) is 5.82 Å². The van der Waals surface area contributed by atoms with Gasteiger partial charge in [-0.25, -0.2) is 4.39 Å². The number of rotatable bonds is 4. The highest BCUT2D eigenvalue weighted by Crippen LogP contribution is 2.16. The molecule has 2 rings (SSSR count). The van der Waals surface area contributed by atoms with Crippen LogP contribution in [0.5, 0.6) is 0 Å². The lowest BCUT2D eigenvalue weighted by Crippen LogP contribution is -2.18. The monoisotopic (exact) mass is 260 g/mol. The summed E-state index contributed by atoms with van der Waals surface area (Å²) < 4.78 is 15.1. The molecule has 0 saturated carbocycles. The maximum atomic E-state index is 12.9. The average Bonchev–Trinajstić information content (AvgIpc) is 2.64. The molecule has 1 N–H and O–H groups in total. The average molecular weight is 260 g/mol. The Kier molecular flexibility index (Phi) is 4.05. The lowest BCUT2D eigenvalue weighted by atomic mass is 10.1. The Labute approximate surface area is 114 Å². The van der Waals surface area contributed by atoms with Gasteiger partial charge in [-0.1, -0.05) is 12.1 Å². The summed E-state index contributed by atoms with van der Waals surface area (Å²) in [5.41, 5.74) is 4.97. The predicted molar refractivity (Wildman–Crippen MR) is 76.5 cm³/mol. The number of benzene rings is 1. The molecule has 2 aromatic rings.